The fourth-order valence-corrected chi connectivity index (χ4v) is 3.59. The molecule has 1 rings (SSSR count). The number of carbonyl (C=O) groups is 2. The molecule has 28 heavy (non-hydrogen) atoms. The van der Waals surface area contributed by atoms with E-state index < -0.39 is 25.7 Å². The van der Waals surface area contributed by atoms with Crippen molar-refractivity contribution in [1.29, 1.82) is 0 Å². The smallest absolute Gasteiger partial charge is 0.251 e. The van der Waals surface area contributed by atoms with E-state index in [1.807, 2.05) is 19.9 Å². The Morgan fingerprint density at radius 1 is 1.11 bits per heavy atom. The van der Waals surface area contributed by atoms with E-state index in [0.717, 1.165) is 0 Å². The van der Waals surface area contributed by atoms with Crippen molar-refractivity contribution < 1.29 is 19.1 Å². The molecule has 0 aliphatic rings. The highest BCUT2D eigenvalue weighted by Gasteiger charge is 2.42. The van der Waals surface area contributed by atoms with Crippen LogP contribution in [0.3, 0.4) is 0 Å². The third-order valence-electron chi connectivity index (χ3n) is 5.42. The first-order chi connectivity index (χ1) is 12.7. The predicted octanol–water partition coefficient (Wildman–Crippen LogP) is 4.17. The van der Waals surface area contributed by atoms with Crippen LogP contribution >= 0.6 is 0 Å². The minimum atomic E-state index is -2.11. The normalized spacial score (nSPS) is 15.8. The molecule has 0 aliphatic heterocycles. The number of ketones is 1. The molecule has 0 spiro atoms. The van der Waals surface area contributed by atoms with Crippen molar-refractivity contribution in [3.05, 3.63) is 35.9 Å². The number of hydrogen-bond donors (Lipinski definition) is 2. The SMILES string of the molecule is CC(C)CC(NC(=O)c1ccccc1)C(=O)C(C)(O)CO[Si](C)(C)C(C)(C)C. The van der Waals surface area contributed by atoms with Gasteiger partial charge >= 0.3 is 0 Å². The Bertz CT molecular complexity index is 663. The van der Waals surface area contributed by atoms with Crippen LogP contribution in [-0.4, -0.2) is 43.4 Å². The molecule has 0 saturated heterocycles. The molecule has 0 bridgehead atoms. The molecule has 0 radical (unpaired) electrons. The van der Waals surface area contributed by atoms with Crippen LogP contribution in [0.5, 0.6) is 0 Å². The van der Waals surface area contributed by atoms with Crippen molar-refractivity contribution in [2.24, 2.45) is 5.92 Å². The summed E-state index contributed by atoms with van der Waals surface area (Å²) < 4.78 is 6.08. The molecule has 1 aromatic carbocycles. The van der Waals surface area contributed by atoms with E-state index in [2.05, 4.69) is 39.2 Å². The molecule has 1 aromatic rings. The molecule has 1 amide bonds. The van der Waals surface area contributed by atoms with Gasteiger partial charge in [0.25, 0.3) is 5.91 Å². The van der Waals surface area contributed by atoms with Crippen LogP contribution in [0.15, 0.2) is 30.3 Å². The summed E-state index contributed by atoms with van der Waals surface area (Å²) in [5.41, 5.74) is -1.18. The Balaban J connectivity index is 2.94. The maximum atomic E-state index is 13.1. The Kier molecular flexibility index (Phi) is 8.17. The van der Waals surface area contributed by atoms with E-state index in [1.165, 1.54) is 6.92 Å². The van der Waals surface area contributed by atoms with E-state index >= 15 is 0 Å². The summed E-state index contributed by atoms with van der Waals surface area (Å²) in [6.45, 7) is 15.9. The lowest BCUT2D eigenvalue weighted by atomic mass is 9.90. The van der Waals surface area contributed by atoms with Crippen molar-refractivity contribution in [2.45, 2.75) is 77.7 Å². The molecule has 0 aliphatic carbocycles. The molecule has 2 N–H and O–H groups in total. The van der Waals surface area contributed by atoms with E-state index in [1.54, 1.807) is 24.3 Å². The van der Waals surface area contributed by atoms with Gasteiger partial charge < -0.3 is 14.8 Å². The van der Waals surface area contributed by atoms with E-state index in [0.29, 0.717) is 12.0 Å². The van der Waals surface area contributed by atoms with Crippen LogP contribution in [0.1, 0.15) is 58.3 Å². The van der Waals surface area contributed by atoms with E-state index in [4.69, 9.17) is 4.43 Å². The minimum Gasteiger partial charge on any atom is -0.413 e. The van der Waals surface area contributed by atoms with Crippen molar-refractivity contribution in [2.75, 3.05) is 6.61 Å². The summed E-state index contributed by atoms with van der Waals surface area (Å²) in [5, 5.41) is 13.7. The van der Waals surface area contributed by atoms with Crippen LogP contribution < -0.4 is 5.32 Å². The standard InChI is InChI=1S/C22H37NO4Si/c1-16(2)14-18(23-20(25)17-12-10-9-11-13-17)19(24)22(6,26)15-27-28(7,8)21(3,4)5/h9-13,16,18,26H,14-15H2,1-8H3,(H,23,25). The number of amides is 1. The first kappa shape index (κ1) is 24.5. The molecule has 0 aromatic heterocycles. The summed E-state index contributed by atoms with van der Waals surface area (Å²) in [6.07, 6.45) is 0.452. The molecule has 5 nitrogen and oxygen atoms in total. The number of benzene rings is 1. The third kappa shape index (κ3) is 6.83. The van der Waals surface area contributed by atoms with Gasteiger partial charge in [0.1, 0.15) is 5.60 Å². The van der Waals surface area contributed by atoms with Crippen LogP contribution in [-0.2, 0) is 9.22 Å². The molecule has 0 fully saturated rings. The predicted molar refractivity (Wildman–Crippen MR) is 116 cm³/mol. The lowest BCUT2D eigenvalue weighted by Gasteiger charge is -2.38. The first-order valence-corrected chi connectivity index (χ1v) is 12.8. The fourth-order valence-electron chi connectivity index (χ4n) is 2.52. The number of hydrogen-bond acceptors (Lipinski definition) is 4. The van der Waals surface area contributed by atoms with Crippen molar-refractivity contribution in [3.63, 3.8) is 0 Å². The summed E-state index contributed by atoms with van der Waals surface area (Å²) in [4.78, 5) is 25.7. The lowest BCUT2D eigenvalue weighted by Crippen LogP contribution is -2.55. The van der Waals surface area contributed by atoms with Gasteiger partial charge in [-0.05, 0) is 49.5 Å². The maximum absolute atomic E-state index is 13.1. The van der Waals surface area contributed by atoms with Gasteiger partial charge in [-0.2, -0.15) is 0 Å². The molecule has 2 atom stereocenters. The highest BCUT2D eigenvalue weighted by Crippen LogP contribution is 2.37. The number of carbonyl (C=O) groups excluding carboxylic acids is 2. The van der Waals surface area contributed by atoms with Gasteiger partial charge in [-0.1, -0.05) is 52.8 Å². The molecular formula is C22H37NO4Si. The van der Waals surface area contributed by atoms with Crippen LogP contribution in [0.25, 0.3) is 0 Å². The fraction of sp³-hybridized carbons (Fsp3) is 0.636. The number of aliphatic hydroxyl groups is 1. The van der Waals surface area contributed by atoms with Gasteiger partial charge in [0.05, 0.1) is 12.6 Å². The maximum Gasteiger partial charge on any atom is 0.251 e. The highest BCUT2D eigenvalue weighted by molar-refractivity contribution is 6.74. The van der Waals surface area contributed by atoms with Crippen LogP contribution in [0, 0.1) is 5.92 Å². The average molecular weight is 408 g/mol. The monoisotopic (exact) mass is 407 g/mol. The molecule has 2 unspecified atom stereocenters. The Labute approximate surface area is 171 Å². The topological polar surface area (TPSA) is 75.6 Å². The van der Waals surface area contributed by atoms with E-state index in [-0.39, 0.29) is 23.5 Å². The van der Waals surface area contributed by atoms with Crippen molar-refractivity contribution in [3.8, 4) is 0 Å². The summed E-state index contributed by atoms with van der Waals surface area (Å²) >= 11 is 0. The van der Waals surface area contributed by atoms with Gasteiger partial charge in [-0.25, -0.2) is 0 Å². The number of rotatable bonds is 9. The van der Waals surface area contributed by atoms with Gasteiger partial charge in [-0.15, -0.1) is 0 Å². The first-order valence-electron chi connectivity index (χ1n) is 9.94. The zero-order valence-electron chi connectivity index (χ0n) is 18.6. The molecule has 158 valence electrons. The Morgan fingerprint density at radius 2 is 1.64 bits per heavy atom. The number of Topliss-reactive ketones (excluding diaryl/α,β-unsaturated/α-hetero) is 1. The summed E-state index contributed by atoms with van der Waals surface area (Å²) in [5.74, 6) is -0.549. The van der Waals surface area contributed by atoms with Crippen LogP contribution in [0.4, 0.5) is 0 Å². The molecule has 6 heteroatoms. The van der Waals surface area contributed by atoms with Crippen molar-refractivity contribution in [1.82, 2.24) is 5.32 Å². The van der Waals surface area contributed by atoms with Gasteiger partial charge in [0.15, 0.2) is 14.1 Å². The highest BCUT2D eigenvalue weighted by atomic mass is 28.4. The molecule has 0 saturated carbocycles. The number of nitrogens with one attached hydrogen (secondary N) is 1. The Morgan fingerprint density at radius 3 is 2.11 bits per heavy atom. The van der Waals surface area contributed by atoms with Gasteiger partial charge in [-0.3, -0.25) is 9.59 Å². The van der Waals surface area contributed by atoms with Crippen LogP contribution in [0.2, 0.25) is 18.1 Å². The second-order valence-corrected chi connectivity index (χ2v) is 14.5. The molecular weight excluding hydrogens is 370 g/mol. The second kappa shape index (κ2) is 9.33. The zero-order chi connectivity index (χ0) is 21.8. The summed E-state index contributed by atoms with van der Waals surface area (Å²) in [7, 11) is -2.11. The minimum absolute atomic E-state index is 0.0228. The second-order valence-electron chi connectivity index (χ2n) is 9.71. The van der Waals surface area contributed by atoms with Gasteiger partial charge in [0.2, 0.25) is 0 Å². The average Bonchev–Trinajstić information content (AvgIpc) is 2.58. The van der Waals surface area contributed by atoms with Crippen molar-refractivity contribution >= 4 is 20.0 Å². The zero-order valence-corrected chi connectivity index (χ0v) is 19.6. The lowest BCUT2D eigenvalue weighted by molar-refractivity contribution is -0.141. The third-order valence-corrected chi connectivity index (χ3v) is 9.89. The quantitative estimate of drug-likeness (QED) is 0.602. The largest absolute Gasteiger partial charge is 0.413 e. The Hall–Kier alpha value is -1.50. The summed E-state index contributed by atoms with van der Waals surface area (Å²) in [6, 6.07) is 8.01. The molecule has 0 heterocycles. The van der Waals surface area contributed by atoms with Gasteiger partial charge in [0, 0.05) is 5.56 Å². The van der Waals surface area contributed by atoms with E-state index in [9.17, 15) is 14.7 Å².